The summed E-state index contributed by atoms with van der Waals surface area (Å²) in [5.74, 6) is 0. The summed E-state index contributed by atoms with van der Waals surface area (Å²) in [7, 11) is 0. The van der Waals surface area contributed by atoms with Crippen LogP contribution >= 0.6 is 23.2 Å². The highest BCUT2D eigenvalue weighted by atomic mass is 35.5. The van der Waals surface area contributed by atoms with E-state index in [-0.39, 0.29) is 28.6 Å². The summed E-state index contributed by atoms with van der Waals surface area (Å²) in [5, 5.41) is -0.00196. The number of nitrogens with two attached hydrogens (primary N) is 1. The normalized spacial score (nSPS) is 11.9. The van der Waals surface area contributed by atoms with E-state index in [1.54, 1.807) is 0 Å². The highest BCUT2D eigenvalue weighted by molar-refractivity contribution is 6.42. The van der Waals surface area contributed by atoms with Crippen molar-refractivity contribution in [1.29, 1.82) is 0 Å². The van der Waals surface area contributed by atoms with Gasteiger partial charge in [0, 0.05) is 0 Å². The van der Waals surface area contributed by atoms with Crippen molar-refractivity contribution < 1.29 is 13.2 Å². The summed E-state index contributed by atoms with van der Waals surface area (Å²) in [6.07, 6.45) is -4.32. The average molecular weight is 258 g/mol. The minimum Gasteiger partial charge on any atom is -0.330 e. The molecule has 0 amide bonds. The van der Waals surface area contributed by atoms with E-state index in [2.05, 4.69) is 0 Å². The number of benzene rings is 1. The van der Waals surface area contributed by atoms with Gasteiger partial charge in [-0.1, -0.05) is 23.2 Å². The molecule has 0 fully saturated rings. The molecule has 1 nitrogen and oxygen atoms in total. The first-order chi connectivity index (χ1) is 6.86. The fourth-order valence-electron chi connectivity index (χ4n) is 1.21. The molecule has 6 heteroatoms. The summed E-state index contributed by atoms with van der Waals surface area (Å²) >= 11 is 11.2. The molecule has 0 radical (unpaired) electrons. The molecule has 0 aliphatic heterocycles. The van der Waals surface area contributed by atoms with Crippen molar-refractivity contribution >= 4 is 23.2 Å². The molecule has 0 heterocycles. The minimum atomic E-state index is -4.43. The zero-order chi connectivity index (χ0) is 11.6. The molecule has 0 aromatic heterocycles. The van der Waals surface area contributed by atoms with Gasteiger partial charge in [0.1, 0.15) is 0 Å². The second-order valence-corrected chi connectivity index (χ2v) is 3.77. The molecule has 0 aliphatic carbocycles. The van der Waals surface area contributed by atoms with Crippen LogP contribution < -0.4 is 5.73 Å². The molecular formula is C9H8Cl2F3N. The Morgan fingerprint density at radius 1 is 1.13 bits per heavy atom. The molecule has 0 aliphatic rings. The Balaban J connectivity index is 3.28. The lowest BCUT2D eigenvalue weighted by atomic mass is 10.0. The van der Waals surface area contributed by atoms with Gasteiger partial charge in [-0.2, -0.15) is 13.2 Å². The first-order valence-electron chi connectivity index (χ1n) is 4.11. The van der Waals surface area contributed by atoms with Crippen LogP contribution in [0.1, 0.15) is 11.1 Å². The second kappa shape index (κ2) is 4.60. The average Bonchev–Trinajstić information content (AvgIpc) is 2.09. The third-order valence-electron chi connectivity index (χ3n) is 1.87. The topological polar surface area (TPSA) is 26.0 Å². The third kappa shape index (κ3) is 3.00. The van der Waals surface area contributed by atoms with Crippen molar-refractivity contribution in [2.24, 2.45) is 5.73 Å². The predicted molar refractivity (Wildman–Crippen MR) is 54.2 cm³/mol. The zero-order valence-electron chi connectivity index (χ0n) is 7.54. The molecule has 0 saturated heterocycles. The highest BCUT2D eigenvalue weighted by Crippen LogP contribution is 2.36. The third-order valence-corrected chi connectivity index (χ3v) is 2.59. The van der Waals surface area contributed by atoms with Gasteiger partial charge in [-0.3, -0.25) is 0 Å². The lowest BCUT2D eigenvalue weighted by molar-refractivity contribution is -0.138. The van der Waals surface area contributed by atoms with Gasteiger partial charge in [0.2, 0.25) is 0 Å². The van der Waals surface area contributed by atoms with Crippen molar-refractivity contribution in [2.75, 3.05) is 6.54 Å². The summed E-state index contributed by atoms with van der Waals surface area (Å²) in [6.45, 7) is 0.126. The van der Waals surface area contributed by atoms with Crippen LogP contribution in [0.15, 0.2) is 12.1 Å². The van der Waals surface area contributed by atoms with Crippen LogP contribution in [-0.2, 0) is 12.6 Å². The van der Waals surface area contributed by atoms with Crippen LogP contribution in [0.4, 0.5) is 13.2 Å². The number of halogens is 5. The van der Waals surface area contributed by atoms with Gasteiger partial charge in [-0.15, -0.1) is 0 Å². The molecular weight excluding hydrogens is 250 g/mol. The zero-order valence-corrected chi connectivity index (χ0v) is 9.05. The smallest absolute Gasteiger partial charge is 0.330 e. The van der Waals surface area contributed by atoms with Crippen molar-refractivity contribution in [3.05, 3.63) is 33.3 Å². The van der Waals surface area contributed by atoms with Crippen LogP contribution in [0.2, 0.25) is 10.0 Å². The maximum Gasteiger partial charge on any atom is 0.416 e. The van der Waals surface area contributed by atoms with E-state index < -0.39 is 11.7 Å². The quantitative estimate of drug-likeness (QED) is 0.862. The maximum absolute atomic E-state index is 12.5. The van der Waals surface area contributed by atoms with E-state index in [1.807, 2.05) is 0 Å². The van der Waals surface area contributed by atoms with E-state index >= 15 is 0 Å². The number of hydrogen-bond donors (Lipinski definition) is 1. The van der Waals surface area contributed by atoms with Gasteiger partial charge in [0.05, 0.1) is 15.6 Å². The molecule has 1 aromatic carbocycles. The van der Waals surface area contributed by atoms with E-state index in [0.29, 0.717) is 0 Å². The standard InChI is InChI=1S/C9H8Cl2F3N/c10-7-3-5(1-2-15)6(4-8(7)11)9(12,13)14/h3-4H,1-2,15H2. The van der Waals surface area contributed by atoms with E-state index in [0.717, 1.165) is 6.07 Å². The van der Waals surface area contributed by atoms with Crippen LogP contribution in [0.25, 0.3) is 0 Å². The van der Waals surface area contributed by atoms with Crippen LogP contribution in [0.5, 0.6) is 0 Å². The SMILES string of the molecule is NCCc1cc(Cl)c(Cl)cc1C(F)(F)F. The van der Waals surface area contributed by atoms with E-state index in [1.165, 1.54) is 6.07 Å². The second-order valence-electron chi connectivity index (χ2n) is 2.96. The van der Waals surface area contributed by atoms with E-state index in [9.17, 15) is 13.2 Å². The molecule has 0 spiro atoms. The van der Waals surface area contributed by atoms with Crippen LogP contribution in [0, 0.1) is 0 Å². The Hall–Kier alpha value is -0.450. The fraction of sp³-hybridized carbons (Fsp3) is 0.333. The van der Waals surface area contributed by atoms with Crippen molar-refractivity contribution in [3.8, 4) is 0 Å². The maximum atomic E-state index is 12.5. The van der Waals surface area contributed by atoms with Gasteiger partial charge in [0.25, 0.3) is 0 Å². The highest BCUT2D eigenvalue weighted by Gasteiger charge is 2.33. The number of hydrogen-bond acceptors (Lipinski definition) is 1. The summed E-state index contributed by atoms with van der Waals surface area (Å²) < 4.78 is 37.6. The number of alkyl halides is 3. The van der Waals surface area contributed by atoms with Crippen molar-refractivity contribution in [2.45, 2.75) is 12.6 Å². The first kappa shape index (κ1) is 12.6. The Bertz CT molecular complexity index is 363. The van der Waals surface area contributed by atoms with Crippen molar-refractivity contribution in [1.82, 2.24) is 0 Å². The molecule has 1 aromatic rings. The predicted octanol–water partition coefficient (Wildman–Crippen LogP) is 3.51. The molecule has 15 heavy (non-hydrogen) atoms. The first-order valence-corrected chi connectivity index (χ1v) is 4.87. The van der Waals surface area contributed by atoms with E-state index in [4.69, 9.17) is 28.9 Å². The Kier molecular flexibility index (Phi) is 3.87. The summed E-state index contributed by atoms with van der Waals surface area (Å²) in [4.78, 5) is 0. The summed E-state index contributed by atoms with van der Waals surface area (Å²) in [5.41, 5.74) is 4.51. The lowest BCUT2D eigenvalue weighted by Crippen LogP contribution is -2.12. The Labute approximate surface area is 95.0 Å². The fourth-order valence-corrected chi connectivity index (χ4v) is 1.56. The van der Waals surface area contributed by atoms with Gasteiger partial charge in [0.15, 0.2) is 0 Å². The Morgan fingerprint density at radius 3 is 2.13 bits per heavy atom. The van der Waals surface area contributed by atoms with Crippen LogP contribution in [-0.4, -0.2) is 6.54 Å². The molecule has 0 saturated carbocycles. The van der Waals surface area contributed by atoms with Gasteiger partial charge >= 0.3 is 6.18 Å². The molecule has 2 N–H and O–H groups in total. The monoisotopic (exact) mass is 257 g/mol. The molecule has 84 valence electrons. The lowest BCUT2D eigenvalue weighted by Gasteiger charge is -2.13. The summed E-state index contributed by atoms with van der Waals surface area (Å²) in [6, 6.07) is 2.04. The molecule has 0 bridgehead atoms. The molecule has 1 rings (SSSR count). The Morgan fingerprint density at radius 2 is 1.67 bits per heavy atom. The van der Waals surface area contributed by atoms with Gasteiger partial charge in [-0.25, -0.2) is 0 Å². The number of rotatable bonds is 2. The molecule has 0 unspecified atom stereocenters. The largest absolute Gasteiger partial charge is 0.416 e. The van der Waals surface area contributed by atoms with Crippen molar-refractivity contribution in [3.63, 3.8) is 0 Å². The molecule has 0 atom stereocenters. The minimum absolute atomic E-state index is 0.0689. The van der Waals surface area contributed by atoms with Crippen LogP contribution in [0.3, 0.4) is 0 Å². The van der Waals surface area contributed by atoms with Gasteiger partial charge < -0.3 is 5.73 Å². The van der Waals surface area contributed by atoms with Gasteiger partial charge in [-0.05, 0) is 30.7 Å².